The van der Waals surface area contributed by atoms with Crippen LogP contribution >= 0.6 is 0 Å². The van der Waals surface area contributed by atoms with Crippen molar-refractivity contribution in [1.29, 1.82) is 0 Å². The molecule has 5 heteroatoms. The highest BCUT2D eigenvalue weighted by Crippen LogP contribution is 2.11. The lowest BCUT2D eigenvalue weighted by Crippen LogP contribution is -2.54. The van der Waals surface area contributed by atoms with Crippen LogP contribution in [0.2, 0.25) is 0 Å². The highest BCUT2D eigenvalue weighted by molar-refractivity contribution is 4.91. The predicted molar refractivity (Wildman–Crippen MR) is 56.1 cm³/mol. The van der Waals surface area contributed by atoms with Gasteiger partial charge in [-0.05, 0) is 5.92 Å². The minimum absolute atomic E-state index is 0.322. The van der Waals surface area contributed by atoms with Crippen molar-refractivity contribution < 1.29 is 4.52 Å². The second kappa shape index (κ2) is 4.28. The normalized spacial score (nSPS) is 18.4. The largest absolute Gasteiger partial charge is 0.338 e. The summed E-state index contributed by atoms with van der Waals surface area (Å²) < 4.78 is 5.16. The molecule has 5 nitrogen and oxygen atoms in total. The fourth-order valence-electron chi connectivity index (χ4n) is 1.73. The van der Waals surface area contributed by atoms with E-state index < -0.39 is 0 Å². The Kier molecular flexibility index (Phi) is 3.02. The van der Waals surface area contributed by atoms with Gasteiger partial charge in [-0.1, -0.05) is 19.0 Å². The molecule has 1 aromatic heterocycles. The number of hydrogen-bond donors (Lipinski definition) is 1. The van der Waals surface area contributed by atoms with E-state index in [0.717, 1.165) is 31.9 Å². The van der Waals surface area contributed by atoms with Gasteiger partial charge in [0.2, 0.25) is 5.89 Å². The molecule has 1 saturated heterocycles. The van der Waals surface area contributed by atoms with Gasteiger partial charge in [0.1, 0.15) is 0 Å². The molecule has 1 aromatic rings. The highest BCUT2D eigenvalue weighted by Gasteiger charge is 2.24. The molecule has 0 unspecified atom stereocenters. The molecule has 1 fully saturated rings. The molecule has 2 rings (SSSR count). The summed E-state index contributed by atoms with van der Waals surface area (Å²) in [7, 11) is 0. The first-order chi connectivity index (χ1) is 7.13. The second-order valence-electron chi connectivity index (χ2n) is 4.66. The van der Waals surface area contributed by atoms with Crippen molar-refractivity contribution >= 4 is 0 Å². The summed E-state index contributed by atoms with van der Waals surface area (Å²) in [4.78, 5) is 6.54. The first kappa shape index (κ1) is 10.6. The third-order valence-corrected chi connectivity index (χ3v) is 2.45. The van der Waals surface area contributed by atoms with Gasteiger partial charge >= 0.3 is 0 Å². The molecular weight excluding hydrogens is 192 g/mol. The molecule has 15 heavy (non-hydrogen) atoms. The molecule has 0 spiro atoms. The lowest BCUT2D eigenvalue weighted by atomic mass is 10.1. The van der Waals surface area contributed by atoms with Crippen LogP contribution in [-0.2, 0) is 13.0 Å². The SMILES string of the molecule is CC(C)Cc1noc(CN2CC(N)C2)n1. The van der Waals surface area contributed by atoms with E-state index >= 15 is 0 Å². The first-order valence-electron chi connectivity index (χ1n) is 5.43. The molecule has 1 aliphatic rings. The quantitative estimate of drug-likeness (QED) is 0.779. The maximum absolute atomic E-state index is 5.69. The third kappa shape index (κ3) is 2.76. The van der Waals surface area contributed by atoms with Crippen LogP contribution in [0.1, 0.15) is 25.6 Å². The number of likely N-dealkylation sites (tertiary alicyclic amines) is 1. The van der Waals surface area contributed by atoms with Gasteiger partial charge in [-0.25, -0.2) is 0 Å². The molecular formula is C10H18N4O. The van der Waals surface area contributed by atoms with Crippen LogP contribution in [0.5, 0.6) is 0 Å². The molecule has 0 radical (unpaired) electrons. The lowest BCUT2D eigenvalue weighted by Gasteiger charge is -2.35. The molecule has 0 aromatic carbocycles. The number of rotatable bonds is 4. The first-order valence-corrected chi connectivity index (χ1v) is 5.43. The molecule has 0 atom stereocenters. The predicted octanol–water partition coefficient (Wildman–Crippen LogP) is 0.411. The Morgan fingerprint density at radius 2 is 2.27 bits per heavy atom. The van der Waals surface area contributed by atoms with Gasteiger partial charge in [-0.3, -0.25) is 4.90 Å². The van der Waals surface area contributed by atoms with Gasteiger partial charge in [0, 0.05) is 25.6 Å². The molecule has 0 amide bonds. The van der Waals surface area contributed by atoms with Crippen molar-refractivity contribution in [2.24, 2.45) is 11.7 Å². The Morgan fingerprint density at radius 3 is 2.87 bits per heavy atom. The average molecular weight is 210 g/mol. The van der Waals surface area contributed by atoms with Crippen LogP contribution in [0.25, 0.3) is 0 Å². The number of nitrogens with two attached hydrogens (primary N) is 1. The van der Waals surface area contributed by atoms with Gasteiger partial charge in [-0.15, -0.1) is 0 Å². The molecule has 0 aliphatic carbocycles. The summed E-state index contributed by atoms with van der Waals surface area (Å²) in [6.07, 6.45) is 0.878. The Hall–Kier alpha value is -0.940. The summed E-state index contributed by atoms with van der Waals surface area (Å²) in [6.45, 7) is 6.89. The summed E-state index contributed by atoms with van der Waals surface area (Å²) >= 11 is 0. The number of nitrogens with zero attached hydrogens (tertiary/aromatic N) is 3. The van der Waals surface area contributed by atoms with Crippen LogP contribution in [0, 0.1) is 5.92 Å². The van der Waals surface area contributed by atoms with Gasteiger partial charge in [0.15, 0.2) is 5.82 Å². The van der Waals surface area contributed by atoms with E-state index in [2.05, 4.69) is 28.9 Å². The smallest absolute Gasteiger partial charge is 0.240 e. The number of aromatic nitrogens is 2. The molecule has 84 valence electrons. The summed E-state index contributed by atoms with van der Waals surface area (Å²) in [6, 6.07) is 0.322. The molecule has 2 N–H and O–H groups in total. The zero-order chi connectivity index (χ0) is 10.8. The number of hydrogen-bond acceptors (Lipinski definition) is 5. The van der Waals surface area contributed by atoms with Crippen LogP contribution < -0.4 is 5.73 Å². The van der Waals surface area contributed by atoms with E-state index in [9.17, 15) is 0 Å². The van der Waals surface area contributed by atoms with Crippen LogP contribution in [-0.4, -0.2) is 34.2 Å². The van der Waals surface area contributed by atoms with Gasteiger partial charge in [0.25, 0.3) is 0 Å². The summed E-state index contributed by atoms with van der Waals surface area (Å²) in [5.41, 5.74) is 5.69. The van der Waals surface area contributed by atoms with E-state index in [1.807, 2.05) is 0 Å². The maximum Gasteiger partial charge on any atom is 0.240 e. The van der Waals surface area contributed by atoms with Gasteiger partial charge in [0.05, 0.1) is 6.54 Å². The Labute approximate surface area is 89.6 Å². The molecule has 1 aliphatic heterocycles. The van der Waals surface area contributed by atoms with Crippen LogP contribution in [0.4, 0.5) is 0 Å². The van der Waals surface area contributed by atoms with Crippen molar-refractivity contribution in [2.45, 2.75) is 32.9 Å². The molecule has 2 heterocycles. The minimum Gasteiger partial charge on any atom is -0.338 e. The maximum atomic E-state index is 5.69. The third-order valence-electron chi connectivity index (χ3n) is 2.45. The second-order valence-corrected chi connectivity index (χ2v) is 4.66. The fraction of sp³-hybridized carbons (Fsp3) is 0.800. The van der Waals surface area contributed by atoms with E-state index in [1.165, 1.54) is 0 Å². The Balaban J connectivity index is 1.84. The standard InChI is InChI=1S/C10H18N4O/c1-7(2)3-9-12-10(15-13-9)6-14-4-8(11)5-14/h7-8H,3-6,11H2,1-2H3. The van der Waals surface area contributed by atoms with Crippen molar-refractivity contribution in [2.75, 3.05) is 13.1 Å². The lowest BCUT2D eigenvalue weighted by molar-refractivity contribution is 0.125. The monoisotopic (exact) mass is 210 g/mol. The average Bonchev–Trinajstić information content (AvgIpc) is 2.48. The van der Waals surface area contributed by atoms with E-state index in [1.54, 1.807) is 0 Å². The van der Waals surface area contributed by atoms with Gasteiger partial charge in [-0.2, -0.15) is 4.98 Å². The van der Waals surface area contributed by atoms with E-state index in [0.29, 0.717) is 17.9 Å². The Bertz CT molecular complexity index is 317. The molecule has 0 saturated carbocycles. The van der Waals surface area contributed by atoms with Crippen LogP contribution in [0.3, 0.4) is 0 Å². The Morgan fingerprint density at radius 1 is 1.53 bits per heavy atom. The van der Waals surface area contributed by atoms with Gasteiger partial charge < -0.3 is 10.3 Å². The van der Waals surface area contributed by atoms with Crippen molar-refractivity contribution in [3.63, 3.8) is 0 Å². The zero-order valence-corrected chi connectivity index (χ0v) is 9.31. The van der Waals surface area contributed by atoms with Crippen LogP contribution in [0.15, 0.2) is 4.52 Å². The highest BCUT2D eigenvalue weighted by atomic mass is 16.5. The van der Waals surface area contributed by atoms with E-state index in [4.69, 9.17) is 10.3 Å². The van der Waals surface area contributed by atoms with Crippen molar-refractivity contribution in [3.05, 3.63) is 11.7 Å². The molecule has 0 bridgehead atoms. The van der Waals surface area contributed by atoms with E-state index in [-0.39, 0.29) is 0 Å². The summed E-state index contributed by atoms with van der Waals surface area (Å²) in [5.74, 6) is 2.08. The summed E-state index contributed by atoms with van der Waals surface area (Å²) in [5, 5.41) is 3.94. The zero-order valence-electron chi connectivity index (χ0n) is 9.31. The topological polar surface area (TPSA) is 68.2 Å². The van der Waals surface area contributed by atoms with Crippen molar-refractivity contribution in [1.82, 2.24) is 15.0 Å². The van der Waals surface area contributed by atoms with Crippen molar-refractivity contribution in [3.8, 4) is 0 Å². The fourth-order valence-corrected chi connectivity index (χ4v) is 1.73. The minimum atomic E-state index is 0.322.